The third kappa shape index (κ3) is 3.66. The molecule has 2 nitrogen and oxygen atoms in total. The molecule has 0 N–H and O–H groups in total. The summed E-state index contributed by atoms with van der Waals surface area (Å²) in [5.74, 6) is 0.411. The second-order valence-electron chi connectivity index (χ2n) is 4.25. The molecule has 0 radical (unpaired) electrons. The predicted octanol–water partition coefficient (Wildman–Crippen LogP) is 5.22. The maximum Gasteiger partial charge on any atom is 0.201 e. The highest BCUT2D eigenvalue weighted by Crippen LogP contribution is 2.24. The molecule has 0 saturated heterocycles. The van der Waals surface area contributed by atoms with Crippen molar-refractivity contribution in [3.63, 3.8) is 0 Å². The van der Waals surface area contributed by atoms with Crippen LogP contribution in [0.5, 0.6) is 5.75 Å². The first-order chi connectivity index (χ1) is 9.47. The number of aryl methyl sites for hydroxylation is 1. The molecule has 2 aromatic carbocycles. The highest BCUT2D eigenvalue weighted by atomic mass is 35.5. The normalized spacial score (nSPS) is 10.4. The number of benzene rings is 2. The minimum absolute atomic E-state index is 0.0934. The van der Waals surface area contributed by atoms with Crippen LogP contribution in [0.4, 0.5) is 0 Å². The smallest absolute Gasteiger partial charge is 0.201 e. The van der Waals surface area contributed by atoms with Gasteiger partial charge >= 0.3 is 0 Å². The lowest BCUT2D eigenvalue weighted by Gasteiger charge is -2.09. The first-order valence-corrected chi connectivity index (χ1v) is 6.98. The lowest BCUT2D eigenvalue weighted by Crippen LogP contribution is -2.12. The largest absolute Gasteiger partial charge is 0.485 e. The molecule has 0 aromatic heterocycles. The Morgan fingerprint density at radius 1 is 1.05 bits per heavy atom. The third-order valence-electron chi connectivity index (χ3n) is 2.73. The van der Waals surface area contributed by atoms with Gasteiger partial charge in [-0.15, -0.1) is 0 Å². The van der Waals surface area contributed by atoms with E-state index in [2.05, 4.69) is 0 Å². The zero-order valence-corrected chi connectivity index (χ0v) is 12.9. The van der Waals surface area contributed by atoms with E-state index in [-0.39, 0.29) is 12.4 Å². The fraction of sp³-hybridized carbons (Fsp3) is 0.133. The number of rotatable bonds is 4. The second-order valence-corrected chi connectivity index (χ2v) is 5.53. The molecular formula is C15H11Cl3O2. The lowest BCUT2D eigenvalue weighted by atomic mass is 10.1. The quantitative estimate of drug-likeness (QED) is 0.719. The number of halogens is 3. The highest BCUT2D eigenvalue weighted by molar-refractivity contribution is 6.36. The summed E-state index contributed by atoms with van der Waals surface area (Å²) in [4.78, 5) is 12.0. The van der Waals surface area contributed by atoms with Gasteiger partial charge in [0, 0.05) is 15.6 Å². The Hall–Kier alpha value is -1.22. The number of hydrogen-bond acceptors (Lipinski definition) is 2. The Kier molecular flexibility index (Phi) is 4.92. The van der Waals surface area contributed by atoms with Crippen molar-refractivity contribution in [3.05, 3.63) is 62.6 Å². The van der Waals surface area contributed by atoms with Gasteiger partial charge in [0.05, 0.1) is 5.02 Å². The molecule has 0 aliphatic heterocycles. The average Bonchev–Trinajstić information content (AvgIpc) is 2.37. The van der Waals surface area contributed by atoms with Crippen LogP contribution >= 0.6 is 34.8 Å². The van der Waals surface area contributed by atoms with E-state index in [1.54, 1.807) is 30.3 Å². The van der Waals surface area contributed by atoms with Gasteiger partial charge in [0.2, 0.25) is 5.78 Å². The SMILES string of the molecule is Cc1cc(Cl)ccc1OCC(=O)c1ccc(Cl)cc1Cl. The lowest BCUT2D eigenvalue weighted by molar-refractivity contribution is 0.0921. The van der Waals surface area contributed by atoms with Crippen LogP contribution in [-0.2, 0) is 0 Å². The molecule has 0 amide bonds. The van der Waals surface area contributed by atoms with Gasteiger partial charge in [-0.05, 0) is 48.9 Å². The highest BCUT2D eigenvalue weighted by Gasteiger charge is 2.12. The first kappa shape index (κ1) is 15.2. The maximum absolute atomic E-state index is 12.0. The fourth-order valence-corrected chi connectivity index (χ4v) is 2.45. The van der Waals surface area contributed by atoms with E-state index in [4.69, 9.17) is 39.5 Å². The molecule has 20 heavy (non-hydrogen) atoms. The van der Waals surface area contributed by atoms with Gasteiger partial charge in [0.25, 0.3) is 0 Å². The van der Waals surface area contributed by atoms with Crippen molar-refractivity contribution in [2.75, 3.05) is 6.61 Å². The van der Waals surface area contributed by atoms with Crippen LogP contribution in [0.3, 0.4) is 0 Å². The summed E-state index contributed by atoms with van der Waals surface area (Å²) < 4.78 is 5.49. The topological polar surface area (TPSA) is 26.3 Å². The predicted molar refractivity (Wildman–Crippen MR) is 82.5 cm³/mol. The summed E-state index contributed by atoms with van der Waals surface area (Å²) in [7, 11) is 0. The van der Waals surface area contributed by atoms with E-state index in [1.807, 2.05) is 6.92 Å². The molecule has 0 spiro atoms. The van der Waals surface area contributed by atoms with Gasteiger partial charge in [0.15, 0.2) is 6.61 Å². The Morgan fingerprint density at radius 2 is 1.70 bits per heavy atom. The van der Waals surface area contributed by atoms with Crippen LogP contribution < -0.4 is 4.74 Å². The fourth-order valence-electron chi connectivity index (χ4n) is 1.71. The molecule has 104 valence electrons. The van der Waals surface area contributed by atoms with E-state index >= 15 is 0 Å². The zero-order chi connectivity index (χ0) is 14.7. The third-order valence-corrected chi connectivity index (χ3v) is 3.51. The van der Waals surface area contributed by atoms with Crippen LogP contribution in [0.25, 0.3) is 0 Å². The van der Waals surface area contributed by atoms with Crippen LogP contribution in [0.1, 0.15) is 15.9 Å². The standard InChI is InChI=1S/C15H11Cl3O2/c1-9-6-10(16)3-5-15(9)20-8-14(19)12-4-2-11(17)7-13(12)18/h2-7H,8H2,1H3. The van der Waals surface area contributed by atoms with Crippen LogP contribution in [-0.4, -0.2) is 12.4 Å². The Labute approximate surface area is 132 Å². The summed E-state index contributed by atoms with van der Waals surface area (Å²) in [6, 6.07) is 9.96. The molecule has 0 saturated carbocycles. The zero-order valence-electron chi connectivity index (χ0n) is 10.6. The van der Waals surface area contributed by atoms with Crippen molar-refractivity contribution in [2.45, 2.75) is 6.92 Å². The molecule has 5 heteroatoms. The minimum Gasteiger partial charge on any atom is -0.485 e. The number of ether oxygens (including phenoxy) is 1. The molecule has 0 atom stereocenters. The Bertz CT molecular complexity index is 654. The number of carbonyl (C=O) groups excluding carboxylic acids is 1. The molecule has 0 heterocycles. The summed E-state index contributed by atoms with van der Waals surface area (Å²) in [5.41, 5.74) is 1.26. The number of hydrogen-bond donors (Lipinski definition) is 0. The monoisotopic (exact) mass is 328 g/mol. The van der Waals surface area contributed by atoms with Gasteiger partial charge in [-0.2, -0.15) is 0 Å². The Balaban J connectivity index is 2.08. The van der Waals surface area contributed by atoms with Crippen molar-refractivity contribution in [1.82, 2.24) is 0 Å². The van der Waals surface area contributed by atoms with Crippen molar-refractivity contribution >= 4 is 40.6 Å². The second kappa shape index (κ2) is 6.49. The molecule has 0 unspecified atom stereocenters. The van der Waals surface area contributed by atoms with E-state index in [0.29, 0.717) is 26.4 Å². The molecule has 0 aliphatic rings. The molecular weight excluding hydrogens is 319 g/mol. The minimum atomic E-state index is -0.207. The van der Waals surface area contributed by atoms with Gasteiger partial charge in [-0.25, -0.2) is 0 Å². The van der Waals surface area contributed by atoms with E-state index in [1.165, 1.54) is 6.07 Å². The summed E-state index contributed by atoms with van der Waals surface area (Å²) in [5, 5.41) is 1.43. The summed E-state index contributed by atoms with van der Waals surface area (Å²) >= 11 is 17.6. The molecule has 2 rings (SSSR count). The van der Waals surface area contributed by atoms with Crippen molar-refractivity contribution in [3.8, 4) is 5.75 Å². The molecule has 2 aromatic rings. The van der Waals surface area contributed by atoms with E-state index in [0.717, 1.165) is 5.56 Å². The van der Waals surface area contributed by atoms with E-state index < -0.39 is 0 Å². The van der Waals surface area contributed by atoms with E-state index in [9.17, 15) is 4.79 Å². The molecule has 0 bridgehead atoms. The van der Waals surface area contributed by atoms with Gasteiger partial charge in [-0.3, -0.25) is 4.79 Å². The van der Waals surface area contributed by atoms with Crippen LogP contribution in [0, 0.1) is 6.92 Å². The summed E-state index contributed by atoms with van der Waals surface area (Å²) in [6.45, 7) is 1.77. The molecule has 0 fully saturated rings. The number of carbonyl (C=O) groups is 1. The number of Topliss-reactive ketones (excluding diaryl/α,β-unsaturated/α-hetero) is 1. The van der Waals surface area contributed by atoms with Gasteiger partial charge in [-0.1, -0.05) is 34.8 Å². The van der Waals surface area contributed by atoms with Gasteiger partial charge in [0.1, 0.15) is 5.75 Å². The molecule has 0 aliphatic carbocycles. The van der Waals surface area contributed by atoms with Crippen LogP contribution in [0.2, 0.25) is 15.1 Å². The maximum atomic E-state index is 12.0. The Morgan fingerprint density at radius 3 is 2.35 bits per heavy atom. The van der Waals surface area contributed by atoms with Crippen molar-refractivity contribution < 1.29 is 9.53 Å². The van der Waals surface area contributed by atoms with Gasteiger partial charge < -0.3 is 4.74 Å². The van der Waals surface area contributed by atoms with Crippen molar-refractivity contribution in [1.29, 1.82) is 0 Å². The average molecular weight is 330 g/mol. The number of ketones is 1. The van der Waals surface area contributed by atoms with Crippen LogP contribution in [0.15, 0.2) is 36.4 Å². The van der Waals surface area contributed by atoms with Crippen molar-refractivity contribution in [2.24, 2.45) is 0 Å². The summed E-state index contributed by atoms with van der Waals surface area (Å²) in [6.07, 6.45) is 0. The first-order valence-electron chi connectivity index (χ1n) is 5.84.